The third-order valence-electron chi connectivity index (χ3n) is 4.47. The Labute approximate surface area is 154 Å². The molecule has 6 heteroatoms. The molecule has 0 aliphatic heterocycles. The van der Waals surface area contributed by atoms with Gasteiger partial charge in [0.05, 0.1) is 12.7 Å². The van der Waals surface area contributed by atoms with Gasteiger partial charge in [0, 0.05) is 22.8 Å². The first-order valence-corrected chi connectivity index (χ1v) is 9.04. The number of aromatic nitrogens is 1. The zero-order valence-electron chi connectivity index (χ0n) is 14.1. The van der Waals surface area contributed by atoms with E-state index in [9.17, 15) is 9.59 Å². The van der Waals surface area contributed by atoms with Crippen molar-refractivity contribution in [3.63, 3.8) is 0 Å². The summed E-state index contributed by atoms with van der Waals surface area (Å²) in [5.74, 6) is -0.698. The number of rotatable bonds is 3. The number of methoxy groups -OCH3 is 1. The second kappa shape index (κ2) is 6.72. The highest BCUT2D eigenvalue weighted by molar-refractivity contribution is 7.20. The Morgan fingerprint density at radius 2 is 1.88 bits per heavy atom. The van der Waals surface area contributed by atoms with Crippen molar-refractivity contribution in [2.24, 2.45) is 0 Å². The van der Waals surface area contributed by atoms with Gasteiger partial charge in [-0.1, -0.05) is 24.3 Å². The van der Waals surface area contributed by atoms with Crippen molar-refractivity contribution >= 4 is 28.2 Å². The summed E-state index contributed by atoms with van der Waals surface area (Å²) in [6.45, 7) is 0. The summed E-state index contributed by atoms with van der Waals surface area (Å²) in [7, 11) is 1.36. The standard InChI is InChI=1S/C20H16N2O3S/c1-25-20(24)16-15-7-6-12-4-2-3-5-14(12)17(15)26-19(16)22-18(23)13-8-10-21-11-9-13/h2-5,8-11H,6-7H2,1H3,(H,22,23). The van der Waals surface area contributed by atoms with E-state index in [0.29, 0.717) is 16.1 Å². The molecule has 0 atom stereocenters. The van der Waals surface area contributed by atoms with Gasteiger partial charge < -0.3 is 10.1 Å². The zero-order valence-corrected chi connectivity index (χ0v) is 14.9. The van der Waals surface area contributed by atoms with Crippen molar-refractivity contribution in [1.82, 2.24) is 4.98 Å². The Morgan fingerprint density at radius 1 is 1.12 bits per heavy atom. The number of hydrogen-bond acceptors (Lipinski definition) is 5. The van der Waals surface area contributed by atoms with Crippen molar-refractivity contribution in [3.8, 4) is 10.4 Å². The fourth-order valence-corrected chi connectivity index (χ4v) is 4.52. The predicted molar refractivity (Wildman–Crippen MR) is 101 cm³/mol. The van der Waals surface area contributed by atoms with E-state index in [1.165, 1.54) is 24.0 Å². The molecule has 0 radical (unpaired) electrons. The predicted octanol–water partition coefficient (Wildman–Crippen LogP) is 3.95. The first-order chi connectivity index (χ1) is 12.7. The number of carbonyl (C=O) groups excluding carboxylic acids is 2. The number of nitrogens with zero attached hydrogens (tertiary/aromatic N) is 1. The van der Waals surface area contributed by atoms with Gasteiger partial charge in [0.2, 0.25) is 0 Å². The highest BCUT2D eigenvalue weighted by Crippen LogP contribution is 2.45. The van der Waals surface area contributed by atoms with Crippen LogP contribution in [0.1, 0.15) is 31.8 Å². The summed E-state index contributed by atoms with van der Waals surface area (Å²) in [5, 5.41) is 3.41. The number of esters is 1. The van der Waals surface area contributed by atoms with Crippen LogP contribution in [0, 0.1) is 0 Å². The SMILES string of the molecule is COC(=O)c1c(NC(=O)c2ccncc2)sc2c1CCc1ccccc1-2. The lowest BCUT2D eigenvalue weighted by atomic mass is 9.89. The van der Waals surface area contributed by atoms with Crippen LogP contribution in [0.25, 0.3) is 10.4 Å². The quantitative estimate of drug-likeness (QED) is 0.715. The van der Waals surface area contributed by atoms with E-state index in [2.05, 4.69) is 22.4 Å². The maximum atomic E-state index is 12.6. The van der Waals surface area contributed by atoms with Crippen LogP contribution in [-0.2, 0) is 17.6 Å². The topological polar surface area (TPSA) is 68.3 Å². The van der Waals surface area contributed by atoms with Gasteiger partial charge >= 0.3 is 5.97 Å². The number of hydrogen-bond donors (Lipinski definition) is 1. The number of benzene rings is 1. The Kier molecular flexibility index (Phi) is 4.26. The van der Waals surface area contributed by atoms with Crippen molar-refractivity contribution in [2.75, 3.05) is 12.4 Å². The number of thiophene rings is 1. The summed E-state index contributed by atoms with van der Waals surface area (Å²) in [4.78, 5) is 29.9. The fraction of sp³-hybridized carbons (Fsp3) is 0.150. The molecule has 1 amide bonds. The molecular formula is C20H16N2O3S. The first kappa shape index (κ1) is 16.5. The highest BCUT2D eigenvalue weighted by atomic mass is 32.1. The van der Waals surface area contributed by atoms with Crippen molar-refractivity contribution in [1.29, 1.82) is 0 Å². The minimum Gasteiger partial charge on any atom is -0.465 e. The molecule has 0 unspecified atom stereocenters. The van der Waals surface area contributed by atoms with E-state index in [1.54, 1.807) is 24.5 Å². The summed E-state index contributed by atoms with van der Waals surface area (Å²) in [6, 6.07) is 11.4. The Hall–Kier alpha value is -2.99. The number of nitrogens with one attached hydrogen (secondary N) is 1. The molecule has 0 spiro atoms. The number of pyridine rings is 1. The number of amides is 1. The van der Waals surface area contributed by atoms with Gasteiger partial charge in [-0.05, 0) is 41.7 Å². The summed E-state index contributed by atoms with van der Waals surface area (Å²) < 4.78 is 4.98. The molecule has 5 nitrogen and oxygen atoms in total. The number of carbonyl (C=O) groups is 2. The fourth-order valence-electron chi connectivity index (χ4n) is 3.23. The van der Waals surface area contributed by atoms with Crippen LogP contribution in [0.4, 0.5) is 5.00 Å². The normalized spacial score (nSPS) is 12.0. The van der Waals surface area contributed by atoms with E-state index >= 15 is 0 Å². The Balaban J connectivity index is 1.79. The zero-order chi connectivity index (χ0) is 18.1. The molecule has 0 saturated heterocycles. The number of aryl methyl sites for hydroxylation is 1. The molecule has 4 rings (SSSR count). The van der Waals surface area contributed by atoms with E-state index in [-0.39, 0.29) is 5.91 Å². The second-order valence-corrected chi connectivity index (χ2v) is 6.97. The maximum absolute atomic E-state index is 12.6. The molecule has 2 aromatic heterocycles. The minimum atomic E-state index is -0.424. The van der Waals surface area contributed by atoms with E-state index < -0.39 is 5.97 Å². The lowest BCUT2D eigenvalue weighted by Gasteiger charge is -2.16. The molecule has 3 aromatic rings. The molecule has 2 heterocycles. The van der Waals surface area contributed by atoms with Gasteiger partial charge in [-0.15, -0.1) is 11.3 Å². The smallest absolute Gasteiger partial charge is 0.341 e. The van der Waals surface area contributed by atoms with Crippen LogP contribution < -0.4 is 5.32 Å². The van der Waals surface area contributed by atoms with Crippen LogP contribution in [0.5, 0.6) is 0 Å². The first-order valence-electron chi connectivity index (χ1n) is 8.22. The molecule has 0 saturated carbocycles. The van der Waals surface area contributed by atoms with E-state index in [1.807, 2.05) is 12.1 Å². The van der Waals surface area contributed by atoms with Gasteiger partial charge in [-0.2, -0.15) is 0 Å². The highest BCUT2D eigenvalue weighted by Gasteiger charge is 2.29. The van der Waals surface area contributed by atoms with Crippen LogP contribution in [0.3, 0.4) is 0 Å². The summed E-state index contributed by atoms with van der Waals surface area (Å²) in [6.07, 6.45) is 4.73. The Bertz CT molecular complexity index is 996. The maximum Gasteiger partial charge on any atom is 0.341 e. The molecular weight excluding hydrogens is 348 g/mol. The van der Waals surface area contributed by atoms with Gasteiger partial charge in [-0.25, -0.2) is 4.79 Å². The number of fused-ring (bicyclic) bond motifs is 3. The average Bonchev–Trinajstić information content (AvgIpc) is 3.06. The van der Waals surface area contributed by atoms with Crippen LogP contribution in [-0.4, -0.2) is 24.0 Å². The molecule has 0 bridgehead atoms. The number of anilines is 1. The van der Waals surface area contributed by atoms with Crippen molar-refractivity contribution in [3.05, 3.63) is 71.0 Å². The Morgan fingerprint density at radius 3 is 2.65 bits per heavy atom. The van der Waals surface area contributed by atoms with E-state index in [0.717, 1.165) is 28.8 Å². The average molecular weight is 364 g/mol. The van der Waals surface area contributed by atoms with Crippen molar-refractivity contribution < 1.29 is 14.3 Å². The van der Waals surface area contributed by atoms with Gasteiger partial charge in [-0.3, -0.25) is 9.78 Å². The van der Waals surface area contributed by atoms with E-state index in [4.69, 9.17) is 4.74 Å². The van der Waals surface area contributed by atoms with Crippen LogP contribution in [0.2, 0.25) is 0 Å². The summed E-state index contributed by atoms with van der Waals surface area (Å²) in [5.41, 5.74) is 4.27. The third-order valence-corrected chi connectivity index (χ3v) is 5.65. The van der Waals surface area contributed by atoms with Gasteiger partial charge in [0.25, 0.3) is 5.91 Å². The van der Waals surface area contributed by atoms with Crippen LogP contribution in [0.15, 0.2) is 48.8 Å². The molecule has 1 N–H and O–H groups in total. The molecule has 1 aliphatic carbocycles. The number of ether oxygens (including phenoxy) is 1. The van der Waals surface area contributed by atoms with Gasteiger partial charge in [0.1, 0.15) is 5.00 Å². The molecule has 1 aliphatic rings. The monoisotopic (exact) mass is 364 g/mol. The molecule has 26 heavy (non-hydrogen) atoms. The third kappa shape index (κ3) is 2.78. The summed E-state index contributed by atoms with van der Waals surface area (Å²) >= 11 is 1.42. The second-order valence-electron chi connectivity index (χ2n) is 5.95. The van der Waals surface area contributed by atoms with Crippen molar-refractivity contribution in [2.45, 2.75) is 12.8 Å². The molecule has 1 aromatic carbocycles. The lowest BCUT2D eigenvalue weighted by Crippen LogP contribution is -2.15. The van der Waals surface area contributed by atoms with Gasteiger partial charge in [0.15, 0.2) is 0 Å². The lowest BCUT2D eigenvalue weighted by molar-refractivity contribution is 0.0601. The molecule has 130 valence electrons. The minimum absolute atomic E-state index is 0.274. The molecule has 0 fully saturated rings. The van der Waals surface area contributed by atoms with Crippen LogP contribution >= 0.6 is 11.3 Å². The largest absolute Gasteiger partial charge is 0.465 e.